The Morgan fingerprint density at radius 1 is 1.33 bits per heavy atom. The highest BCUT2D eigenvalue weighted by atomic mass is 79.9. The van der Waals surface area contributed by atoms with Crippen LogP contribution in [0.25, 0.3) is 0 Å². The third-order valence-corrected chi connectivity index (χ3v) is 4.49. The van der Waals surface area contributed by atoms with Gasteiger partial charge in [-0.2, -0.15) is 0 Å². The molecule has 1 aromatic carbocycles. The molecule has 0 radical (unpaired) electrons. The Bertz CT molecular complexity index is 617. The number of ketones is 1. The molecule has 0 aliphatic carbocycles. The number of halogens is 2. The smallest absolute Gasteiger partial charge is 0.200 e. The standard InChI is InChI=1S/C15H15BrFN3O/c16-12-7-11(3-4-13(12)17)20-15(18)14(21)8-5-9-1-2-10(6-8)19-9/h1-4,7-10,19H,5-6H2,(H2,18,20)/t8?,9-,10+. The van der Waals surface area contributed by atoms with Gasteiger partial charge in [-0.3, -0.25) is 10.2 Å². The van der Waals surface area contributed by atoms with Crippen LogP contribution in [-0.4, -0.2) is 23.7 Å². The van der Waals surface area contributed by atoms with E-state index in [0.717, 1.165) is 12.8 Å². The Balaban J connectivity index is 1.65. The molecule has 2 bridgehead atoms. The SMILES string of the molecule is N=C(Nc1ccc(F)c(Br)c1)C(=O)C1C[C@H]2C=C[C@@H](C1)N2. The number of carbonyl (C=O) groups is 1. The number of rotatable bonds is 3. The monoisotopic (exact) mass is 351 g/mol. The van der Waals surface area contributed by atoms with Crippen LogP contribution in [0.1, 0.15) is 12.8 Å². The van der Waals surface area contributed by atoms with Crippen LogP contribution < -0.4 is 10.6 Å². The minimum Gasteiger partial charge on any atom is -0.338 e. The van der Waals surface area contributed by atoms with Crippen molar-refractivity contribution >= 4 is 33.2 Å². The van der Waals surface area contributed by atoms with Gasteiger partial charge in [0.1, 0.15) is 5.82 Å². The summed E-state index contributed by atoms with van der Waals surface area (Å²) in [5.74, 6) is -0.838. The fraction of sp³-hybridized carbons (Fsp3) is 0.333. The Kier molecular flexibility index (Phi) is 3.91. The summed E-state index contributed by atoms with van der Waals surface area (Å²) in [5.41, 5.74) is 0.525. The van der Waals surface area contributed by atoms with Crippen molar-refractivity contribution in [2.75, 3.05) is 5.32 Å². The number of Topliss-reactive ketones (excluding diaryl/α,β-unsaturated/α-hetero) is 1. The zero-order valence-corrected chi connectivity index (χ0v) is 12.8. The number of fused-ring (bicyclic) bond motifs is 2. The van der Waals surface area contributed by atoms with E-state index in [1.165, 1.54) is 18.2 Å². The Morgan fingerprint density at radius 2 is 2.00 bits per heavy atom. The van der Waals surface area contributed by atoms with Crippen LogP contribution in [0.2, 0.25) is 0 Å². The van der Waals surface area contributed by atoms with Gasteiger partial charge in [-0.15, -0.1) is 0 Å². The number of anilines is 1. The minimum absolute atomic E-state index is 0.139. The van der Waals surface area contributed by atoms with Crippen molar-refractivity contribution < 1.29 is 9.18 Å². The van der Waals surface area contributed by atoms with Gasteiger partial charge in [0, 0.05) is 23.7 Å². The molecule has 2 aliphatic rings. The molecule has 2 heterocycles. The molecule has 110 valence electrons. The molecule has 4 nitrogen and oxygen atoms in total. The molecule has 2 aliphatic heterocycles. The first-order chi connectivity index (χ1) is 10.0. The topological polar surface area (TPSA) is 65.0 Å². The molecule has 1 aromatic rings. The molecule has 1 unspecified atom stereocenters. The van der Waals surface area contributed by atoms with E-state index in [1.807, 2.05) is 0 Å². The average molecular weight is 352 g/mol. The lowest BCUT2D eigenvalue weighted by atomic mass is 9.87. The number of amidine groups is 1. The van der Waals surface area contributed by atoms with Crippen molar-refractivity contribution in [3.05, 3.63) is 40.6 Å². The molecule has 0 amide bonds. The van der Waals surface area contributed by atoms with Gasteiger partial charge in [0.2, 0.25) is 5.78 Å². The van der Waals surface area contributed by atoms with Crippen molar-refractivity contribution in [2.24, 2.45) is 5.92 Å². The van der Waals surface area contributed by atoms with Gasteiger partial charge < -0.3 is 10.6 Å². The number of hydrogen-bond donors (Lipinski definition) is 3. The number of carbonyl (C=O) groups excluding carboxylic acids is 1. The number of piperidine rings is 1. The van der Waals surface area contributed by atoms with Gasteiger partial charge in [-0.05, 0) is 47.0 Å². The summed E-state index contributed by atoms with van der Waals surface area (Å²) in [6.07, 6.45) is 5.63. The third-order valence-electron chi connectivity index (χ3n) is 3.89. The quantitative estimate of drug-likeness (QED) is 0.445. The van der Waals surface area contributed by atoms with E-state index in [0.29, 0.717) is 10.2 Å². The first-order valence-electron chi connectivity index (χ1n) is 6.82. The molecular formula is C15H15BrFN3O. The molecule has 6 heteroatoms. The lowest BCUT2D eigenvalue weighted by Crippen LogP contribution is -2.43. The highest BCUT2D eigenvalue weighted by Gasteiger charge is 2.34. The maximum Gasteiger partial charge on any atom is 0.200 e. The second-order valence-electron chi connectivity index (χ2n) is 5.43. The number of benzene rings is 1. The van der Waals surface area contributed by atoms with Crippen LogP contribution in [0.3, 0.4) is 0 Å². The second kappa shape index (κ2) is 5.69. The summed E-state index contributed by atoms with van der Waals surface area (Å²) in [6.45, 7) is 0. The van der Waals surface area contributed by atoms with E-state index in [2.05, 4.69) is 38.7 Å². The highest BCUT2D eigenvalue weighted by Crippen LogP contribution is 2.27. The first kappa shape index (κ1) is 14.4. The number of nitrogens with one attached hydrogen (secondary N) is 3. The molecule has 21 heavy (non-hydrogen) atoms. The largest absolute Gasteiger partial charge is 0.338 e. The van der Waals surface area contributed by atoms with Gasteiger partial charge in [-0.1, -0.05) is 12.2 Å². The molecule has 1 fully saturated rings. The summed E-state index contributed by atoms with van der Waals surface area (Å²) < 4.78 is 13.5. The van der Waals surface area contributed by atoms with Gasteiger partial charge in [0.05, 0.1) is 4.47 Å². The molecule has 0 spiro atoms. The van der Waals surface area contributed by atoms with E-state index >= 15 is 0 Å². The first-order valence-corrected chi connectivity index (χ1v) is 7.61. The summed E-state index contributed by atoms with van der Waals surface area (Å²) in [7, 11) is 0. The molecule has 3 N–H and O–H groups in total. The van der Waals surface area contributed by atoms with Gasteiger partial charge in [-0.25, -0.2) is 4.39 Å². The predicted octanol–water partition coefficient (Wildman–Crippen LogP) is 2.85. The molecule has 3 rings (SSSR count). The maximum absolute atomic E-state index is 13.2. The van der Waals surface area contributed by atoms with E-state index in [-0.39, 0.29) is 35.4 Å². The van der Waals surface area contributed by atoms with Crippen LogP contribution in [-0.2, 0) is 4.79 Å². The van der Waals surface area contributed by atoms with E-state index < -0.39 is 0 Å². The zero-order chi connectivity index (χ0) is 15.0. The van der Waals surface area contributed by atoms with Gasteiger partial charge in [0.15, 0.2) is 5.84 Å². The van der Waals surface area contributed by atoms with Crippen molar-refractivity contribution in [2.45, 2.75) is 24.9 Å². The van der Waals surface area contributed by atoms with Crippen LogP contribution in [0.5, 0.6) is 0 Å². The fourth-order valence-electron chi connectivity index (χ4n) is 2.85. The van der Waals surface area contributed by atoms with Crippen LogP contribution in [0.4, 0.5) is 10.1 Å². The summed E-state index contributed by atoms with van der Waals surface area (Å²) in [5, 5.41) is 14.1. The third kappa shape index (κ3) is 3.06. The zero-order valence-electron chi connectivity index (χ0n) is 11.2. The van der Waals surface area contributed by atoms with Crippen LogP contribution in [0.15, 0.2) is 34.8 Å². The van der Waals surface area contributed by atoms with E-state index in [4.69, 9.17) is 5.41 Å². The molecule has 1 saturated heterocycles. The molecule has 0 saturated carbocycles. The van der Waals surface area contributed by atoms with Gasteiger partial charge in [0.25, 0.3) is 0 Å². The normalized spacial score (nSPS) is 26.7. The fourth-order valence-corrected chi connectivity index (χ4v) is 3.23. The minimum atomic E-state index is -0.376. The Morgan fingerprint density at radius 3 is 2.62 bits per heavy atom. The molecule has 3 atom stereocenters. The van der Waals surface area contributed by atoms with E-state index in [1.54, 1.807) is 0 Å². The number of hydrogen-bond acceptors (Lipinski definition) is 3. The summed E-state index contributed by atoms with van der Waals surface area (Å²) >= 11 is 3.09. The van der Waals surface area contributed by atoms with Crippen LogP contribution in [0, 0.1) is 17.1 Å². The predicted molar refractivity (Wildman–Crippen MR) is 83.0 cm³/mol. The summed E-state index contributed by atoms with van der Waals surface area (Å²) in [6, 6.07) is 4.80. The molecule has 0 aromatic heterocycles. The second-order valence-corrected chi connectivity index (χ2v) is 6.28. The average Bonchev–Trinajstić information content (AvgIpc) is 2.80. The Hall–Kier alpha value is -1.53. The lowest BCUT2D eigenvalue weighted by molar-refractivity contribution is -0.117. The highest BCUT2D eigenvalue weighted by molar-refractivity contribution is 9.10. The van der Waals surface area contributed by atoms with Crippen molar-refractivity contribution in [1.82, 2.24) is 5.32 Å². The maximum atomic E-state index is 13.2. The Labute approximate surface area is 130 Å². The van der Waals surface area contributed by atoms with Crippen molar-refractivity contribution in [3.63, 3.8) is 0 Å². The lowest BCUT2D eigenvalue weighted by Gasteiger charge is -2.28. The van der Waals surface area contributed by atoms with Crippen LogP contribution >= 0.6 is 15.9 Å². The molecular weight excluding hydrogens is 337 g/mol. The van der Waals surface area contributed by atoms with E-state index in [9.17, 15) is 9.18 Å². The summed E-state index contributed by atoms with van der Waals surface area (Å²) in [4.78, 5) is 12.3. The van der Waals surface area contributed by atoms with Crippen molar-refractivity contribution in [1.29, 1.82) is 5.41 Å². The van der Waals surface area contributed by atoms with Gasteiger partial charge >= 0.3 is 0 Å². The van der Waals surface area contributed by atoms with Crippen molar-refractivity contribution in [3.8, 4) is 0 Å².